The zero-order chi connectivity index (χ0) is 15.7. The molecule has 1 aromatic carbocycles. The van der Waals surface area contributed by atoms with Gasteiger partial charge in [-0.1, -0.05) is 6.92 Å². The van der Waals surface area contributed by atoms with Crippen molar-refractivity contribution in [1.29, 1.82) is 0 Å². The first-order valence-corrected chi connectivity index (χ1v) is 8.99. The molecule has 0 aliphatic heterocycles. The molecule has 0 aliphatic rings. The summed E-state index contributed by atoms with van der Waals surface area (Å²) in [6.07, 6.45) is 2.61. The van der Waals surface area contributed by atoms with Crippen molar-refractivity contribution in [3.05, 3.63) is 23.8 Å². The first-order valence-electron chi connectivity index (χ1n) is 7.34. The van der Waals surface area contributed by atoms with E-state index in [0.717, 1.165) is 37.2 Å². The van der Waals surface area contributed by atoms with Crippen LogP contribution >= 0.6 is 0 Å². The highest BCUT2D eigenvalue weighted by Crippen LogP contribution is 2.22. The monoisotopic (exact) mass is 314 g/mol. The lowest BCUT2D eigenvalue weighted by molar-refractivity contribution is 0.414. The van der Waals surface area contributed by atoms with Crippen LogP contribution in [0.15, 0.2) is 18.2 Å². The van der Waals surface area contributed by atoms with Crippen LogP contribution in [0.2, 0.25) is 0 Å². The predicted octanol–water partition coefficient (Wildman–Crippen LogP) is 2.53. The lowest BCUT2D eigenvalue weighted by atomic mass is 10.2. The number of sulfonamides is 1. The molecule has 2 N–H and O–H groups in total. The molecule has 120 valence electrons. The molecule has 0 aromatic heterocycles. The van der Waals surface area contributed by atoms with E-state index >= 15 is 0 Å². The largest absolute Gasteiger partial charge is 0.497 e. The Morgan fingerprint density at radius 2 is 1.95 bits per heavy atom. The molecule has 0 atom stereocenters. The van der Waals surface area contributed by atoms with Gasteiger partial charge < -0.3 is 10.1 Å². The van der Waals surface area contributed by atoms with E-state index in [1.54, 1.807) is 19.2 Å². The van der Waals surface area contributed by atoms with E-state index in [0.29, 0.717) is 12.1 Å². The van der Waals surface area contributed by atoms with Crippen LogP contribution in [0, 0.1) is 6.92 Å². The number of rotatable bonds is 10. The maximum absolute atomic E-state index is 12.0. The van der Waals surface area contributed by atoms with Crippen LogP contribution in [-0.2, 0) is 10.0 Å². The molecular weight excluding hydrogens is 288 g/mol. The van der Waals surface area contributed by atoms with Crippen LogP contribution in [0.5, 0.6) is 5.75 Å². The Kier molecular flexibility index (Phi) is 7.53. The molecule has 6 heteroatoms. The average molecular weight is 314 g/mol. The van der Waals surface area contributed by atoms with Gasteiger partial charge in [-0.15, -0.1) is 0 Å². The minimum atomic E-state index is -3.29. The highest BCUT2D eigenvalue weighted by Gasteiger charge is 2.11. The fourth-order valence-corrected chi connectivity index (χ4v) is 3.19. The van der Waals surface area contributed by atoms with Gasteiger partial charge in [0.05, 0.1) is 18.6 Å². The Morgan fingerprint density at radius 1 is 1.19 bits per heavy atom. The Bertz CT molecular complexity index is 530. The highest BCUT2D eigenvalue weighted by atomic mass is 32.2. The van der Waals surface area contributed by atoms with Gasteiger partial charge in [0.25, 0.3) is 0 Å². The number of aryl methyl sites for hydroxylation is 1. The average Bonchev–Trinajstić information content (AvgIpc) is 2.44. The SMILES string of the molecule is CCCNCCCCS(=O)(=O)Nc1ccc(OC)cc1C. The maximum atomic E-state index is 12.0. The third kappa shape index (κ3) is 6.82. The van der Waals surface area contributed by atoms with Crippen LogP contribution in [-0.4, -0.2) is 34.4 Å². The van der Waals surface area contributed by atoms with E-state index in [-0.39, 0.29) is 5.75 Å². The number of methoxy groups -OCH3 is 1. The van der Waals surface area contributed by atoms with Gasteiger partial charge in [-0.3, -0.25) is 4.72 Å². The quantitative estimate of drug-likeness (QED) is 0.651. The van der Waals surface area contributed by atoms with Crippen molar-refractivity contribution >= 4 is 15.7 Å². The summed E-state index contributed by atoms with van der Waals surface area (Å²) in [5.41, 5.74) is 1.46. The van der Waals surface area contributed by atoms with Gasteiger partial charge in [0, 0.05) is 0 Å². The van der Waals surface area contributed by atoms with Gasteiger partial charge in [-0.2, -0.15) is 0 Å². The molecule has 0 saturated heterocycles. The van der Waals surface area contributed by atoms with E-state index in [1.165, 1.54) is 0 Å². The number of ether oxygens (including phenoxy) is 1. The summed E-state index contributed by atoms with van der Waals surface area (Å²) < 4.78 is 31.8. The van der Waals surface area contributed by atoms with Crippen molar-refractivity contribution in [3.63, 3.8) is 0 Å². The summed E-state index contributed by atoms with van der Waals surface area (Å²) in [5, 5.41) is 3.26. The normalized spacial score (nSPS) is 11.4. The molecule has 1 aromatic rings. The molecule has 0 bridgehead atoms. The van der Waals surface area contributed by atoms with Gasteiger partial charge in [0.15, 0.2) is 0 Å². The fraction of sp³-hybridized carbons (Fsp3) is 0.600. The second kappa shape index (κ2) is 8.89. The summed E-state index contributed by atoms with van der Waals surface area (Å²) in [4.78, 5) is 0. The molecule has 21 heavy (non-hydrogen) atoms. The van der Waals surface area contributed by atoms with Crippen molar-refractivity contribution in [2.75, 3.05) is 30.7 Å². The molecule has 0 fully saturated rings. The Hall–Kier alpha value is -1.27. The molecule has 0 aliphatic carbocycles. The van der Waals surface area contributed by atoms with Gasteiger partial charge in [-0.05, 0) is 63.0 Å². The zero-order valence-corrected chi connectivity index (χ0v) is 13.9. The molecule has 0 radical (unpaired) electrons. The van der Waals surface area contributed by atoms with E-state index in [9.17, 15) is 8.42 Å². The second-order valence-electron chi connectivity index (χ2n) is 5.06. The maximum Gasteiger partial charge on any atom is 0.232 e. The number of anilines is 1. The van der Waals surface area contributed by atoms with Crippen molar-refractivity contribution in [2.24, 2.45) is 0 Å². The first kappa shape index (κ1) is 17.8. The van der Waals surface area contributed by atoms with E-state index in [4.69, 9.17) is 4.74 Å². The minimum absolute atomic E-state index is 0.145. The van der Waals surface area contributed by atoms with Crippen molar-refractivity contribution in [1.82, 2.24) is 5.32 Å². The number of unbranched alkanes of at least 4 members (excludes halogenated alkanes) is 1. The standard InChI is InChI=1S/C15H26N2O3S/c1-4-9-16-10-5-6-11-21(18,19)17-15-8-7-14(20-3)12-13(15)2/h7-8,12,16-17H,4-6,9-11H2,1-3H3. The van der Waals surface area contributed by atoms with E-state index in [1.807, 2.05) is 13.0 Å². The Morgan fingerprint density at radius 3 is 2.57 bits per heavy atom. The van der Waals surface area contributed by atoms with Gasteiger partial charge >= 0.3 is 0 Å². The van der Waals surface area contributed by atoms with E-state index < -0.39 is 10.0 Å². The molecule has 0 saturated carbocycles. The molecular formula is C15H26N2O3S. The summed E-state index contributed by atoms with van der Waals surface area (Å²) in [5.74, 6) is 0.865. The van der Waals surface area contributed by atoms with Crippen molar-refractivity contribution < 1.29 is 13.2 Å². The zero-order valence-electron chi connectivity index (χ0n) is 13.1. The van der Waals surface area contributed by atoms with Crippen LogP contribution in [0.1, 0.15) is 31.7 Å². The second-order valence-corrected chi connectivity index (χ2v) is 6.90. The van der Waals surface area contributed by atoms with Crippen LogP contribution in [0.25, 0.3) is 0 Å². The molecule has 0 amide bonds. The minimum Gasteiger partial charge on any atom is -0.497 e. The highest BCUT2D eigenvalue weighted by molar-refractivity contribution is 7.92. The molecule has 0 heterocycles. The Balaban J connectivity index is 2.45. The topological polar surface area (TPSA) is 67.4 Å². The van der Waals surface area contributed by atoms with Gasteiger partial charge in [0.1, 0.15) is 5.75 Å². The number of hydrogen-bond acceptors (Lipinski definition) is 4. The van der Waals surface area contributed by atoms with Crippen LogP contribution in [0.4, 0.5) is 5.69 Å². The Labute approximate surface area is 128 Å². The van der Waals surface area contributed by atoms with Gasteiger partial charge in [0.2, 0.25) is 10.0 Å². The van der Waals surface area contributed by atoms with Gasteiger partial charge in [-0.25, -0.2) is 8.42 Å². The fourth-order valence-electron chi connectivity index (χ4n) is 1.94. The number of hydrogen-bond donors (Lipinski definition) is 2. The summed E-state index contributed by atoms with van der Waals surface area (Å²) in [6, 6.07) is 5.29. The molecule has 1 rings (SSSR count). The summed E-state index contributed by atoms with van der Waals surface area (Å²) in [7, 11) is -1.70. The van der Waals surface area contributed by atoms with Crippen molar-refractivity contribution in [3.8, 4) is 5.75 Å². The smallest absolute Gasteiger partial charge is 0.232 e. The lowest BCUT2D eigenvalue weighted by Crippen LogP contribution is -2.20. The van der Waals surface area contributed by atoms with Crippen LogP contribution < -0.4 is 14.8 Å². The third-order valence-electron chi connectivity index (χ3n) is 3.14. The molecule has 0 unspecified atom stereocenters. The first-order chi connectivity index (χ1) is 9.98. The lowest BCUT2D eigenvalue weighted by Gasteiger charge is -2.11. The third-order valence-corrected chi connectivity index (χ3v) is 4.50. The van der Waals surface area contributed by atoms with Crippen LogP contribution in [0.3, 0.4) is 0 Å². The van der Waals surface area contributed by atoms with E-state index in [2.05, 4.69) is 17.0 Å². The number of benzene rings is 1. The summed E-state index contributed by atoms with van der Waals surface area (Å²) >= 11 is 0. The summed E-state index contributed by atoms with van der Waals surface area (Å²) in [6.45, 7) is 5.81. The van der Waals surface area contributed by atoms with Crippen molar-refractivity contribution in [2.45, 2.75) is 33.1 Å². The molecule has 5 nitrogen and oxygen atoms in total. The molecule has 0 spiro atoms. The predicted molar refractivity (Wildman–Crippen MR) is 87.5 cm³/mol. The number of nitrogens with one attached hydrogen (secondary N) is 2.